The number of aliphatic hydroxyl groups is 1. The first-order chi connectivity index (χ1) is 12.1. The number of halogens is 2. The molecule has 0 bridgehead atoms. The Bertz CT molecular complexity index is 676. The lowest BCUT2D eigenvalue weighted by atomic mass is 10.2. The monoisotopic (exact) mass is 468 g/mol. The van der Waals surface area contributed by atoms with Crippen LogP contribution in [-0.4, -0.2) is 55.4 Å². The minimum absolute atomic E-state index is 0.291. The van der Waals surface area contributed by atoms with Gasteiger partial charge in [0.15, 0.2) is 0 Å². The van der Waals surface area contributed by atoms with E-state index in [-0.39, 0.29) is 0 Å². The van der Waals surface area contributed by atoms with Crippen LogP contribution in [0.1, 0.15) is 0 Å². The van der Waals surface area contributed by atoms with Gasteiger partial charge >= 0.3 is 0 Å². The molecule has 25 heavy (non-hydrogen) atoms. The lowest BCUT2D eigenvalue weighted by Crippen LogP contribution is -2.49. The standard InChI is InChI=1S/C19H22Br2N2O2/c20-15-6-7-19(18(21)12-15)25-14-17(24)13-22-8-10-23(11-9-22)16-4-2-1-3-5-16/h1-7,12,17,24H,8-11,13-14H2/t17-/m1/s1. The fourth-order valence-corrected chi connectivity index (χ4v) is 4.12. The quantitative estimate of drug-likeness (QED) is 0.698. The number of aliphatic hydroxyl groups excluding tert-OH is 1. The number of β-amino-alcohol motifs (C(OH)–C–C–N with tert-alkyl or cyclic N) is 1. The van der Waals surface area contributed by atoms with Crippen molar-refractivity contribution in [3.63, 3.8) is 0 Å². The third kappa shape index (κ3) is 5.45. The molecule has 1 atom stereocenters. The number of piperazine rings is 1. The Morgan fingerprint density at radius 2 is 1.72 bits per heavy atom. The van der Waals surface area contributed by atoms with E-state index in [0.29, 0.717) is 13.2 Å². The summed E-state index contributed by atoms with van der Waals surface area (Å²) in [6.45, 7) is 4.80. The molecule has 0 aliphatic carbocycles. The molecular weight excluding hydrogens is 448 g/mol. The first-order valence-corrected chi connectivity index (χ1v) is 9.98. The maximum atomic E-state index is 10.3. The summed E-state index contributed by atoms with van der Waals surface area (Å²) >= 11 is 6.89. The number of hydrogen-bond donors (Lipinski definition) is 1. The lowest BCUT2D eigenvalue weighted by Gasteiger charge is -2.36. The van der Waals surface area contributed by atoms with Gasteiger partial charge in [-0.15, -0.1) is 0 Å². The maximum absolute atomic E-state index is 10.3. The molecule has 0 spiro atoms. The van der Waals surface area contributed by atoms with Crippen LogP contribution in [0.5, 0.6) is 5.75 Å². The van der Waals surface area contributed by atoms with Crippen LogP contribution >= 0.6 is 31.9 Å². The fourth-order valence-electron chi connectivity index (χ4n) is 2.96. The second-order valence-corrected chi connectivity index (χ2v) is 7.93. The normalized spacial score (nSPS) is 16.7. The SMILES string of the molecule is O[C@@H](COc1ccc(Br)cc1Br)CN1CCN(c2ccccc2)CC1. The lowest BCUT2D eigenvalue weighted by molar-refractivity contribution is 0.0660. The van der Waals surface area contributed by atoms with Gasteiger partial charge in [0.25, 0.3) is 0 Å². The second kappa shape index (κ2) is 9.03. The first kappa shape index (κ1) is 18.7. The number of nitrogens with zero attached hydrogens (tertiary/aromatic N) is 2. The summed E-state index contributed by atoms with van der Waals surface area (Å²) in [5.74, 6) is 0.746. The Balaban J connectivity index is 1.42. The third-order valence-electron chi connectivity index (χ3n) is 4.29. The van der Waals surface area contributed by atoms with Crippen LogP contribution in [0.25, 0.3) is 0 Å². The second-order valence-electron chi connectivity index (χ2n) is 6.16. The van der Waals surface area contributed by atoms with Gasteiger partial charge in [-0.3, -0.25) is 4.90 Å². The van der Waals surface area contributed by atoms with Crippen LogP contribution in [0.3, 0.4) is 0 Å². The van der Waals surface area contributed by atoms with Gasteiger partial charge in [-0.1, -0.05) is 34.1 Å². The van der Waals surface area contributed by atoms with Crippen LogP contribution in [0.4, 0.5) is 5.69 Å². The van der Waals surface area contributed by atoms with Gasteiger partial charge in [0.2, 0.25) is 0 Å². The number of benzene rings is 2. The van der Waals surface area contributed by atoms with Crippen LogP contribution in [0.15, 0.2) is 57.5 Å². The molecule has 6 heteroatoms. The Labute approximate surface area is 165 Å². The summed E-state index contributed by atoms with van der Waals surface area (Å²) < 4.78 is 7.60. The summed E-state index contributed by atoms with van der Waals surface area (Å²) in [5.41, 5.74) is 1.27. The molecule has 134 valence electrons. The highest BCUT2D eigenvalue weighted by atomic mass is 79.9. The summed E-state index contributed by atoms with van der Waals surface area (Å²) in [6.07, 6.45) is -0.501. The van der Waals surface area contributed by atoms with Crippen LogP contribution < -0.4 is 9.64 Å². The van der Waals surface area contributed by atoms with Crippen LogP contribution in [0.2, 0.25) is 0 Å². The number of para-hydroxylation sites is 1. The number of rotatable bonds is 6. The Morgan fingerprint density at radius 1 is 1.00 bits per heavy atom. The van der Waals surface area contributed by atoms with Crippen LogP contribution in [0, 0.1) is 0 Å². The summed E-state index contributed by atoms with van der Waals surface area (Å²) in [5, 5.41) is 10.3. The zero-order valence-corrected chi connectivity index (χ0v) is 17.1. The Hall–Kier alpha value is -1.08. The van der Waals surface area contributed by atoms with E-state index < -0.39 is 6.10 Å². The Morgan fingerprint density at radius 3 is 2.40 bits per heavy atom. The van der Waals surface area contributed by atoms with Crippen molar-refractivity contribution in [3.8, 4) is 5.75 Å². The first-order valence-electron chi connectivity index (χ1n) is 8.40. The van der Waals surface area contributed by atoms with E-state index in [4.69, 9.17) is 4.74 Å². The van der Waals surface area contributed by atoms with Crippen molar-refractivity contribution in [2.45, 2.75) is 6.10 Å². The molecule has 0 radical (unpaired) electrons. The largest absolute Gasteiger partial charge is 0.490 e. The highest BCUT2D eigenvalue weighted by molar-refractivity contribution is 9.11. The number of hydrogen-bond acceptors (Lipinski definition) is 4. The van der Waals surface area contributed by atoms with Gasteiger partial charge in [-0.2, -0.15) is 0 Å². The van der Waals surface area contributed by atoms with E-state index in [1.807, 2.05) is 24.3 Å². The van der Waals surface area contributed by atoms with Crippen molar-refractivity contribution in [1.82, 2.24) is 4.90 Å². The molecule has 4 nitrogen and oxygen atoms in total. The van der Waals surface area contributed by atoms with E-state index in [1.54, 1.807) is 0 Å². The van der Waals surface area contributed by atoms with Gasteiger partial charge in [-0.05, 0) is 46.3 Å². The molecule has 2 aromatic rings. The van der Waals surface area contributed by atoms with Gasteiger partial charge < -0.3 is 14.7 Å². The highest BCUT2D eigenvalue weighted by Gasteiger charge is 2.19. The van der Waals surface area contributed by atoms with Crippen molar-refractivity contribution in [2.75, 3.05) is 44.2 Å². The molecule has 0 amide bonds. The molecule has 3 rings (SSSR count). The van der Waals surface area contributed by atoms with Gasteiger partial charge in [0, 0.05) is 42.9 Å². The Kier molecular flexibility index (Phi) is 6.76. The third-order valence-corrected chi connectivity index (χ3v) is 5.40. The van der Waals surface area contributed by atoms with E-state index in [9.17, 15) is 5.11 Å². The zero-order chi connectivity index (χ0) is 17.6. The topological polar surface area (TPSA) is 35.9 Å². The van der Waals surface area contributed by atoms with E-state index in [2.05, 4.69) is 65.9 Å². The van der Waals surface area contributed by atoms with Crippen molar-refractivity contribution >= 4 is 37.5 Å². The average Bonchev–Trinajstić information content (AvgIpc) is 2.62. The average molecular weight is 470 g/mol. The van der Waals surface area contributed by atoms with Crippen molar-refractivity contribution in [2.24, 2.45) is 0 Å². The molecular formula is C19H22Br2N2O2. The summed E-state index contributed by atoms with van der Waals surface area (Å²) in [4.78, 5) is 4.68. The molecule has 1 saturated heterocycles. The summed E-state index contributed by atoms with van der Waals surface area (Å²) in [6, 6.07) is 16.2. The van der Waals surface area contributed by atoms with Crippen molar-refractivity contribution < 1.29 is 9.84 Å². The van der Waals surface area contributed by atoms with Gasteiger partial charge in [0.05, 0.1) is 4.47 Å². The molecule has 2 aromatic carbocycles. The fraction of sp³-hybridized carbons (Fsp3) is 0.368. The zero-order valence-electron chi connectivity index (χ0n) is 13.9. The smallest absolute Gasteiger partial charge is 0.133 e. The molecule has 1 heterocycles. The molecule has 0 saturated carbocycles. The predicted molar refractivity (Wildman–Crippen MR) is 108 cm³/mol. The predicted octanol–water partition coefficient (Wildman–Crippen LogP) is 3.77. The summed E-state index contributed by atoms with van der Waals surface area (Å²) in [7, 11) is 0. The van der Waals surface area contributed by atoms with E-state index in [0.717, 1.165) is 40.9 Å². The highest BCUT2D eigenvalue weighted by Crippen LogP contribution is 2.28. The molecule has 1 N–H and O–H groups in total. The van der Waals surface area contributed by atoms with Gasteiger partial charge in [0.1, 0.15) is 18.5 Å². The molecule has 0 aromatic heterocycles. The van der Waals surface area contributed by atoms with Crippen molar-refractivity contribution in [3.05, 3.63) is 57.5 Å². The maximum Gasteiger partial charge on any atom is 0.133 e. The van der Waals surface area contributed by atoms with Crippen LogP contribution in [-0.2, 0) is 0 Å². The minimum atomic E-state index is -0.501. The molecule has 1 aliphatic rings. The molecule has 0 unspecified atom stereocenters. The molecule has 1 aliphatic heterocycles. The van der Waals surface area contributed by atoms with E-state index >= 15 is 0 Å². The molecule has 1 fully saturated rings. The van der Waals surface area contributed by atoms with Crippen molar-refractivity contribution in [1.29, 1.82) is 0 Å². The number of ether oxygens (including phenoxy) is 1. The minimum Gasteiger partial charge on any atom is -0.490 e. The van der Waals surface area contributed by atoms with E-state index in [1.165, 1.54) is 5.69 Å². The van der Waals surface area contributed by atoms with Gasteiger partial charge in [-0.25, -0.2) is 0 Å². The number of anilines is 1.